The number of amides is 2. The van der Waals surface area contributed by atoms with Gasteiger partial charge in [0, 0.05) is 6.54 Å². The van der Waals surface area contributed by atoms with Crippen molar-refractivity contribution >= 4 is 11.8 Å². The summed E-state index contributed by atoms with van der Waals surface area (Å²) in [4.78, 5) is 28.0. The summed E-state index contributed by atoms with van der Waals surface area (Å²) < 4.78 is 63.4. The number of carbonyl (C=O) groups is 2. The number of rotatable bonds is 10. The molecule has 0 aliphatic rings. The van der Waals surface area contributed by atoms with E-state index in [0.717, 1.165) is 24.0 Å². The zero-order valence-electron chi connectivity index (χ0n) is 17.5. The second kappa shape index (κ2) is 11.2. The molecule has 12 heteroatoms. The maximum Gasteiger partial charge on any atom is 0.573 e. The lowest BCUT2D eigenvalue weighted by molar-refractivity contribution is -0.274. The molecule has 2 aromatic carbocycles. The van der Waals surface area contributed by atoms with Crippen molar-refractivity contribution in [3.8, 4) is 11.5 Å². The van der Waals surface area contributed by atoms with Gasteiger partial charge in [0.05, 0.1) is 6.54 Å². The van der Waals surface area contributed by atoms with E-state index in [4.69, 9.17) is 9.15 Å². The maximum atomic E-state index is 12.9. The Kier molecular flexibility index (Phi) is 8.06. The standard InChI is InChI=1S/C22H19F4N3O5/c23-15-3-1-14(2-4-15)9-10-27-21(31)18-12-33-20(29-18)11-28-19(30)13-32-16-5-7-17(8-6-16)34-22(24,25)26/h1-8,12H,9-11,13H2,(H,27,31)(H,28,30). The molecule has 1 heterocycles. The summed E-state index contributed by atoms with van der Waals surface area (Å²) in [7, 11) is 0. The van der Waals surface area contributed by atoms with E-state index in [2.05, 4.69) is 20.4 Å². The molecular formula is C22H19F4N3O5. The Hall–Kier alpha value is -4.09. The Balaban J connectivity index is 1.37. The van der Waals surface area contributed by atoms with Crippen LogP contribution in [0, 0.1) is 5.82 Å². The van der Waals surface area contributed by atoms with Crippen LogP contribution in [0.1, 0.15) is 21.9 Å². The molecule has 0 aliphatic carbocycles. The molecule has 3 rings (SSSR count). The number of alkyl halides is 3. The van der Waals surface area contributed by atoms with Crippen LogP contribution in [0.3, 0.4) is 0 Å². The molecule has 180 valence electrons. The van der Waals surface area contributed by atoms with Crippen molar-refractivity contribution in [1.82, 2.24) is 15.6 Å². The lowest BCUT2D eigenvalue weighted by Crippen LogP contribution is -2.29. The van der Waals surface area contributed by atoms with E-state index in [0.29, 0.717) is 13.0 Å². The second-order valence-electron chi connectivity index (χ2n) is 6.84. The maximum absolute atomic E-state index is 12.9. The molecule has 0 fully saturated rings. The second-order valence-corrected chi connectivity index (χ2v) is 6.84. The van der Waals surface area contributed by atoms with Gasteiger partial charge in [-0.1, -0.05) is 12.1 Å². The molecule has 2 amide bonds. The smallest absolute Gasteiger partial charge is 0.484 e. The number of oxazole rings is 1. The first kappa shape index (κ1) is 24.6. The topological polar surface area (TPSA) is 103 Å². The van der Waals surface area contributed by atoms with Crippen LogP contribution in [0.2, 0.25) is 0 Å². The molecule has 0 unspecified atom stereocenters. The lowest BCUT2D eigenvalue weighted by Gasteiger charge is -2.10. The molecule has 0 bridgehead atoms. The Morgan fingerprint density at radius 3 is 2.32 bits per heavy atom. The van der Waals surface area contributed by atoms with E-state index >= 15 is 0 Å². The molecule has 1 aromatic heterocycles. The summed E-state index contributed by atoms with van der Waals surface area (Å²) in [6, 6.07) is 10.5. The monoisotopic (exact) mass is 481 g/mol. The average Bonchev–Trinajstić information content (AvgIpc) is 3.27. The van der Waals surface area contributed by atoms with E-state index in [9.17, 15) is 27.2 Å². The van der Waals surface area contributed by atoms with Crippen LogP contribution in [0.5, 0.6) is 11.5 Å². The SMILES string of the molecule is O=C(COc1ccc(OC(F)(F)F)cc1)NCc1nc(C(=O)NCCc2ccc(F)cc2)co1. The highest BCUT2D eigenvalue weighted by molar-refractivity contribution is 5.91. The van der Waals surface area contributed by atoms with Gasteiger partial charge in [-0.2, -0.15) is 0 Å². The van der Waals surface area contributed by atoms with Gasteiger partial charge in [0.2, 0.25) is 5.89 Å². The molecule has 2 N–H and O–H groups in total. The first-order valence-corrected chi connectivity index (χ1v) is 9.90. The van der Waals surface area contributed by atoms with Gasteiger partial charge >= 0.3 is 6.36 Å². The molecule has 0 saturated carbocycles. The van der Waals surface area contributed by atoms with Gasteiger partial charge in [-0.25, -0.2) is 9.37 Å². The van der Waals surface area contributed by atoms with Gasteiger partial charge in [-0.05, 0) is 48.4 Å². The van der Waals surface area contributed by atoms with Gasteiger partial charge in [0.1, 0.15) is 23.6 Å². The van der Waals surface area contributed by atoms with Crippen LogP contribution in [0.25, 0.3) is 0 Å². The summed E-state index contributed by atoms with van der Waals surface area (Å²) in [6.07, 6.45) is -3.15. The van der Waals surface area contributed by atoms with Crippen LogP contribution in [-0.2, 0) is 17.8 Å². The van der Waals surface area contributed by atoms with Crippen molar-refractivity contribution in [1.29, 1.82) is 0 Å². The van der Waals surface area contributed by atoms with Crippen LogP contribution >= 0.6 is 0 Å². The highest BCUT2D eigenvalue weighted by Crippen LogP contribution is 2.24. The van der Waals surface area contributed by atoms with Gasteiger partial charge in [-0.3, -0.25) is 9.59 Å². The molecule has 0 atom stereocenters. The van der Waals surface area contributed by atoms with Crippen molar-refractivity contribution in [2.75, 3.05) is 13.2 Å². The zero-order chi connectivity index (χ0) is 24.6. The molecule has 8 nitrogen and oxygen atoms in total. The van der Waals surface area contributed by atoms with E-state index in [-0.39, 0.29) is 29.7 Å². The van der Waals surface area contributed by atoms with E-state index in [1.807, 2.05) is 0 Å². The Morgan fingerprint density at radius 2 is 1.65 bits per heavy atom. The van der Waals surface area contributed by atoms with Crippen molar-refractivity contribution in [3.05, 3.63) is 77.8 Å². The molecule has 0 saturated heterocycles. The van der Waals surface area contributed by atoms with Gasteiger partial charge in [0.15, 0.2) is 12.3 Å². The quantitative estimate of drug-likeness (QED) is 0.431. The van der Waals surface area contributed by atoms with E-state index in [1.165, 1.54) is 24.3 Å². The van der Waals surface area contributed by atoms with Gasteiger partial charge in [-0.15, -0.1) is 13.2 Å². The third-order valence-corrected chi connectivity index (χ3v) is 4.26. The fraction of sp³-hybridized carbons (Fsp3) is 0.227. The highest BCUT2D eigenvalue weighted by Gasteiger charge is 2.31. The zero-order valence-corrected chi connectivity index (χ0v) is 17.5. The summed E-state index contributed by atoms with van der Waals surface area (Å²) in [5.74, 6) is -1.51. The van der Waals surface area contributed by atoms with Crippen LogP contribution in [0.15, 0.2) is 59.2 Å². The molecule has 3 aromatic rings. The van der Waals surface area contributed by atoms with Crippen molar-refractivity contribution in [3.63, 3.8) is 0 Å². The highest BCUT2D eigenvalue weighted by atomic mass is 19.4. The fourth-order valence-electron chi connectivity index (χ4n) is 2.67. The van der Waals surface area contributed by atoms with Crippen LogP contribution in [0.4, 0.5) is 17.6 Å². The summed E-state index contributed by atoms with van der Waals surface area (Å²) in [5, 5.41) is 5.14. The molecule has 0 spiro atoms. The number of halogens is 4. The number of nitrogens with zero attached hydrogens (tertiary/aromatic N) is 1. The number of hydrogen-bond donors (Lipinski definition) is 2. The number of aromatic nitrogens is 1. The Bertz CT molecular complexity index is 1100. The normalized spacial score (nSPS) is 11.1. The Labute approximate surface area is 190 Å². The molecule has 0 aliphatic heterocycles. The predicted molar refractivity (Wildman–Crippen MR) is 109 cm³/mol. The molecular weight excluding hydrogens is 462 g/mol. The van der Waals surface area contributed by atoms with Gasteiger partial charge in [0.25, 0.3) is 11.8 Å². The minimum atomic E-state index is -4.80. The largest absolute Gasteiger partial charge is 0.573 e. The number of carbonyl (C=O) groups excluding carboxylic acids is 2. The fourth-order valence-corrected chi connectivity index (χ4v) is 2.67. The third-order valence-electron chi connectivity index (χ3n) is 4.26. The lowest BCUT2D eigenvalue weighted by atomic mass is 10.1. The molecule has 34 heavy (non-hydrogen) atoms. The molecule has 0 radical (unpaired) electrons. The number of nitrogens with one attached hydrogen (secondary N) is 2. The Morgan fingerprint density at radius 1 is 0.971 bits per heavy atom. The third kappa shape index (κ3) is 8.11. The van der Waals surface area contributed by atoms with Gasteiger partial charge < -0.3 is 24.5 Å². The number of hydrogen-bond acceptors (Lipinski definition) is 6. The predicted octanol–water partition coefficient (Wildman–Crippen LogP) is 3.38. The minimum absolute atomic E-state index is 0.0285. The summed E-state index contributed by atoms with van der Waals surface area (Å²) in [6.45, 7) is -0.204. The van der Waals surface area contributed by atoms with Crippen molar-refractivity contribution < 1.29 is 41.0 Å². The van der Waals surface area contributed by atoms with E-state index in [1.54, 1.807) is 12.1 Å². The average molecular weight is 481 g/mol. The van der Waals surface area contributed by atoms with E-state index < -0.39 is 30.5 Å². The van der Waals surface area contributed by atoms with Crippen LogP contribution < -0.4 is 20.1 Å². The van der Waals surface area contributed by atoms with Crippen molar-refractivity contribution in [2.45, 2.75) is 19.3 Å². The minimum Gasteiger partial charge on any atom is -0.484 e. The first-order chi connectivity index (χ1) is 16.2. The summed E-state index contributed by atoms with van der Waals surface area (Å²) in [5.41, 5.74) is 0.888. The van der Waals surface area contributed by atoms with Crippen LogP contribution in [-0.4, -0.2) is 36.3 Å². The summed E-state index contributed by atoms with van der Waals surface area (Å²) >= 11 is 0. The number of ether oxygens (including phenoxy) is 2. The first-order valence-electron chi connectivity index (χ1n) is 9.90. The number of benzene rings is 2. The van der Waals surface area contributed by atoms with Crippen molar-refractivity contribution in [2.24, 2.45) is 0 Å².